The molecule has 0 unspecified atom stereocenters. The zero-order valence-electron chi connectivity index (χ0n) is 20.4. The van der Waals surface area contributed by atoms with Gasteiger partial charge in [0.05, 0.1) is 18.8 Å². The van der Waals surface area contributed by atoms with Crippen molar-refractivity contribution in [2.75, 3.05) is 13.2 Å². The molecule has 0 spiro atoms. The van der Waals surface area contributed by atoms with E-state index in [0.717, 1.165) is 6.42 Å². The summed E-state index contributed by atoms with van der Waals surface area (Å²) < 4.78 is 0. The molecule has 0 aromatic carbocycles. The van der Waals surface area contributed by atoms with Gasteiger partial charge < -0.3 is 41.5 Å². The molecule has 198 valence electrons. The number of hydrogen-bond acceptors (Lipinski definition) is 9. The molecule has 0 fully saturated rings. The number of carbonyl (C=O) groups excluding carboxylic acids is 4. The molecule has 0 aliphatic carbocycles. The first-order chi connectivity index (χ1) is 15.8. The first-order valence-electron chi connectivity index (χ1n) is 11.6. The fourth-order valence-corrected chi connectivity index (χ4v) is 3.02. The first kappa shape index (κ1) is 31.9. The molecule has 12 nitrogen and oxygen atoms in total. The van der Waals surface area contributed by atoms with Crippen LogP contribution >= 0.6 is 0 Å². The van der Waals surface area contributed by atoms with Crippen LogP contribution in [0.3, 0.4) is 0 Å². The fourth-order valence-electron chi connectivity index (χ4n) is 3.02. The van der Waals surface area contributed by atoms with Crippen LogP contribution in [0.4, 0.5) is 0 Å². The smallest absolute Gasteiger partial charge is 0.243 e. The largest absolute Gasteiger partial charge is 0.394 e. The van der Waals surface area contributed by atoms with Crippen LogP contribution in [-0.4, -0.2) is 98.7 Å². The van der Waals surface area contributed by atoms with Gasteiger partial charge in [-0.1, -0.05) is 27.2 Å². The lowest BCUT2D eigenvalue weighted by Gasteiger charge is -2.26. The van der Waals surface area contributed by atoms with Crippen molar-refractivity contribution in [3.8, 4) is 0 Å². The highest BCUT2D eigenvalue weighted by Gasteiger charge is 2.31. The van der Waals surface area contributed by atoms with Crippen molar-refractivity contribution < 1.29 is 44.7 Å². The fraction of sp³-hybridized carbons (Fsp3) is 0.818. The Labute approximate surface area is 200 Å². The van der Waals surface area contributed by atoms with Crippen molar-refractivity contribution in [3.63, 3.8) is 0 Å². The third-order valence-corrected chi connectivity index (χ3v) is 5.32. The molecule has 8 N–H and O–H groups in total. The van der Waals surface area contributed by atoms with E-state index in [1.807, 2.05) is 6.92 Å². The third-order valence-electron chi connectivity index (χ3n) is 5.32. The van der Waals surface area contributed by atoms with Crippen LogP contribution in [0.5, 0.6) is 0 Å². The summed E-state index contributed by atoms with van der Waals surface area (Å²) in [5.74, 6) is -1.98. The van der Waals surface area contributed by atoms with Crippen LogP contribution < -0.4 is 16.0 Å². The summed E-state index contributed by atoms with van der Waals surface area (Å²) in [5, 5.41) is 54.8. The number of nitrogens with one attached hydrogen (secondary N) is 3. The quantitative estimate of drug-likeness (QED) is 0.110. The number of hydrogen-bond donors (Lipinski definition) is 8. The number of rotatable bonds is 17. The maximum atomic E-state index is 12.7. The van der Waals surface area contributed by atoms with E-state index in [0.29, 0.717) is 12.8 Å². The van der Waals surface area contributed by atoms with E-state index in [4.69, 9.17) is 5.11 Å². The molecule has 0 aliphatic heterocycles. The zero-order valence-corrected chi connectivity index (χ0v) is 20.4. The predicted octanol–water partition coefficient (Wildman–Crippen LogP) is -2.28. The maximum Gasteiger partial charge on any atom is 0.243 e. The van der Waals surface area contributed by atoms with Gasteiger partial charge in [0.2, 0.25) is 17.7 Å². The molecule has 12 heteroatoms. The van der Waals surface area contributed by atoms with Crippen molar-refractivity contribution in [3.05, 3.63) is 0 Å². The van der Waals surface area contributed by atoms with Gasteiger partial charge in [0, 0.05) is 19.4 Å². The van der Waals surface area contributed by atoms with Crippen molar-refractivity contribution in [1.29, 1.82) is 0 Å². The Balaban J connectivity index is 4.79. The van der Waals surface area contributed by atoms with E-state index in [1.54, 1.807) is 13.8 Å². The Morgan fingerprint density at radius 2 is 1.44 bits per heavy atom. The second-order valence-electron chi connectivity index (χ2n) is 8.71. The molecule has 0 saturated heterocycles. The monoisotopic (exact) mass is 491 g/mol. The highest BCUT2D eigenvalue weighted by Crippen LogP contribution is 2.08. The lowest BCUT2D eigenvalue weighted by Crippen LogP contribution is -2.53. The number of aliphatic hydroxyl groups excluding tert-OH is 5. The highest BCUT2D eigenvalue weighted by molar-refractivity contribution is 5.92. The van der Waals surface area contributed by atoms with Crippen LogP contribution in [-0.2, 0) is 19.2 Å². The summed E-state index contributed by atoms with van der Waals surface area (Å²) in [6.45, 7) is 5.46. The minimum atomic E-state index is -1.81. The van der Waals surface area contributed by atoms with Crippen LogP contribution in [0.15, 0.2) is 0 Å². The predicted molar refractivity (Wildman–Crippen MR) is 122 cm³/mol. The number of amides is 3. The van der Waals surface area contributed by atoms with Crippen molar-refractivity contribution >= 4 is 23.5 Å². The van der Waals surface area contributed by atoms with Gasteiger partial charge in [-0.3, -0.25) is 19.2 Å². The normalized spacial score (nSPS) is 16.6. The molecule has 0 saturated carbocycles. The molecule has 0 aliphatic rings. The molecule has 0 heterocycles. The highest BCUT2D eigenvalue weighted by atomic mass is 16.4. The number of Topliss-reactive ketones (excluding diaryl/α,β-unsaturated/α-hetero) is 1. The minimum Gasteiger partial charge on any atom is -0.394 e. The molecule has 6 atom stereocenters. The van der Waals surface area contributed by atoms with Gasteiger partial charge in [-0.2, -0.15) is 0 Å². The van der Waals surface area contributed by atoms with Gasteiger partial charge in [0.1, 0.15) is 24.4 Å². The Morgan fingerprint density at radius 3 is 1.94 bits per heavy atom. The van der Waals surface area contributed by atoms with Crippen LogP contribution in [0, 0.1) is 5.92 Å². The molecule has 0 radical (unpaired) electrons. The first-order valence-corrected chi connectivity index (χ1v) is 11.6. The average molecular weight is 492 g/mol. The Hall–Kier alpha value is -2.12. The Bertz CT molecular complexity index is 660. The molecule has 0 aromatic rings. The van der Waals surface area contributed by atoms with Gasteiger partial charge in [-0.15, -0.1) is 0 Å². The van der Waals surface area contributed by atoms with Gasteiger partial charge >= 0.3 is 0 Å². The second kappa shape index (κ2) is 16.5. The van der Waals surface area contributed by atoms with Crippen molar-refractivity contribution in [2.24, 2.45) is 5.92 Å². The van der Waals surface area contributed by atoms with Gasteiger partial charge in [-0.05, 0) is 25.7 Å². The molecular weight excluding hydrogens is 450 g/mol. The standard InChI is InChI=1S/C22H41N3O9/c1-5-6-7-18(31)25-19(12(2)3)22(34)24-14(13(4)27)8-9-17(30)23-10-15(28)20(32)21(33)16(29)11-26/h12,14-16,19-21,26,28-29,32-33H,5-11H2,1-4H3,(H,23,30)(H,24,34)(H,25,31)/t14-,15-,16+,19-,20+,21+/m0/s1. The summed E-state index contributed by atoms with van der Waals surface area (Å²) in [6.07, 6.45) is -5.32. The van der Waals surface area contributed by atoms with Crippen LogP contribution in [0.2, 0.25) is 0 Å². The molecule has 0 aromatic heterocycles. The Kier molecular flexibility index (Phi) is 15.5. The topological polar surface area (TPSA) is 206 Å². The molecular formula is C22H41N3O9. The van der Waals surface area contributed by atoms with Gasteiger partial charge in [-0.25, -0.2) is 0 Å². The van der Waals surface area contributed by atoms with Crippen LogP contribution in [0.1, 0.15) is 59.8 Å². The van der Waals surface area contributed by atoms with Gasteiger partial charge in [0.25, 0.3) is 0 Å². The lowest BCUT2D eigenvalue weighted by atomic mass is 10.0. The van der Waals surface area contributed by atoms with Crippen molar-refractivity contribution in [1.82, 2.24) is 16.0 Å². The minimum absolute atomic E-state index is 0.0357. The maximum absolute atomic E-state index is 12.7. The molecule has 0 bridgehead atoms. The van der Waals surface area contributed by atoms with Gasteiger partial charge in [0.15, 0.2) is 5.78 Å². The van der Waals surface area contributed by atoms with Crippen LogP contribution in [0.25, 0.3) is 0 Å². The average Bonchev–Trinajstić information content (AvgIpc) is 2.79. The SMILES string of the molecule is CCCCC(=O)N[C@H](C(=O)N[C@@H](CCC(=O)NC[C@H](O)[C@@H](O)[C@H](O)[C@H](O)CO)C(C)=O)C(C)C. The van der Waals surface area contributed by atoms with E-state index in [2.05, 4.69) is 16.0 Å². The van der Waals surface area contributed by atoms with E-state index >= 15 is 0 Å². The van der Waals surface area contributed by atoms with E-state index in [-0.39, 0.29) is 30.4 Å². The molecule has 0 rings (SSSR count). The lowest BCUT2D eigenvalue weighted by molar-refractivity contribution is -0.132. The summed E-state index contributed by atoms with van der Waals surface area (Å²) in [4.78, 5) is 48.8. The summed E-state index contributed by atoms with van der Waals surface area (Å²) >= 11 is 0. The second-order valence-corrected chi connectivity index (χ2v) is 8.71. The number of ketones is 1. The van der Waals surface area contributed by atoms with E-state index < -0.39 is 61.5 Å². The zero-order chi connectivity index (χ0) is 26.4. The van der Waals surface area contributed by atoms with E-state index in [1.165, 1.54) is 6.92 Å². The summed E-state index contributed by atoms with van der Waals surface area (Å²) in [6, 6.07) is -1.80. The van der Waals surface area contributed by atoms with E-state index in [9.17, 15) is 39.6 Å². The van der Waals surface area contributed by atoms with Crippen molar-refractivity contribution in [2.45, 2.75) is 96.3 Å². The number of carbonyl (C=O) groups is 4. The summed E-state index contributed by atoms with van der Waals surface area (Å²) in [7, 11) is 0. The number of aliphatic hydroxyl groups is 5. The Morgan fingerprint density at radius 1 is 0.853 bits per heavy atom. The molecule has 34 heavy (non-hydrogen) atoms. The third kappa shape index (κ3) is 11.8. The molecule has 3 amide bonds. The number of unbranched alkanes of at least 4 members (excludes halogenated alkanes) is 1. The summed E-state index contributed by atoms with van der Waals surface area (Å²) in [5.41, 5.74) is 0.